The molecule has 0 fully saturated rings. The van der Waals surface area contributed by atoms with Crippen LogP contribution in [0.4, 0.5) is 0 Å². The summed E-state index contributed by atoms with van der Waals surface area (Å²) in [6.07, 6.45) is 5.23. The van der Waals surface area contributed by atoms with Crippen molar-refractivity contribution in [3.63, 3.8) is 0 Å². The predicted molar refractivity (Wildman–Crippen MR) is 71.8 cm³/mol. The average Bonchev–Trinajstić information content (AvgIpc) is 1.99. The molecule has 0 aliphatic heterocycles. The summed E-state index contributed by atoms with van der Waals surface area (Å²) in [6.45, 7) is 14.8. The van der Waals surface area contributed by atoms with E-state index < -0.39 is 8.32 Å². The molecule has 2 heteroatoms. The van der Waals surface area contributed by atoms with Crippen LogP contribution in [-0.2, 0) is 4.43 Å². The molecular formula is C13H30OSi. The Kier molecular flexibility index (Phi) is 6.77. The van der Waals surface area contributed by atoms with E-state index in [1.165, 1.54) is 31.7 Å². The summed E-state index contributed by atoms with van der Waals surface area (Å²) in [5.74, 6) is 0. The Labute approximate surface area is 97.7 Å². The maximum atomic E-state index is 6.09. The summed E-state index contributed by atoms with van der Waals surface area (Å²) in [4.78, 5) is 0. The summed E-state index contributed by atoms with van der Waals surface area (Å²) in [7, 11) is -1.40. The fourth-order valence-electron chi connectivity index (χ4n) is 2.21. The fourth-order valence-corrected chi connectivity index (χ4v) is 5.56. The molecule has 92 valence electrons. The van der Waals surface area contributed by atoms with E-state index >= 15 is 0 Å². The van der Waals surface area contributed by atoms with E-state index in [4.69, 9.17) is 4.43 Å². The quantitative estimate of drug-likeness (QED) is 0.449. The topological polar surface area (TPSA) is 9.23 Å². The van der Waals surface area contributed by atoms with E-state index in [9.17, 15) is 0 Å². The van der Waals surface area contributed by atoms with E-state index in [1.54, 1.807) is 0 Å². The zero-order valence-corrected chi connectivity index (χ0v) is 12.7. The molecule has 0 aromatic heterocycles. The van der Waals surface area contributed by atoms with Gasteiger partial charge in [0.2, 0.25) is 0 Å². The van der Waals surface area contributed by atoms with Gasteiger partial charge in [0, 0.05) is 6.61 Å². The zero-order chi connectivity index (χ0) is 11.9. The largest absolute Gasteiger partial charge is 0.417 e. The van der Waals surface area contributed by atoms with Gasteiger partial charge in [-0.15, -0.1) is 0 Å². The van der Waals surface area contributed by atoms with Gasteiger partial charge >= 0.3 is 0 Å². The van der Waals surface area contributed by atoms with Crippen molar-refractivity contribution in [1.82, 2.24) is 0 Å². The van der Waals surface area contributed by atoms with Crippen molar-refractivity contribution in [2.24, 2.45) is 5.41 Å². The van der Waals surface area contributed by atoms with Crippen molar-refractivity contribution >= 4 is 8.32 Å². The highest BCUT2D eigenvalue weighted by atomic mass is 28.4. The van der Waals surface area contributed by atoms with Crippen LogP contribution in [0.2, 0.25) is 19.1 Å². The highest BCUT2D eigenvalue weighted by molar-refractivity contribution is 6.71. The van der Waals surface area contributed by atoms with Crippen LogP contribution in [0.1, 0.15) is 53.4 Å². The van der Waals surface area contributed by atoms with Gasteiger partial charge in [-0.2, -0.15) is 0 Å². The monoisotopic (exact) mass is 230 g/mol. The lowest BCUT2D eigenvalue weighted by Gasteiger charge is -2.30. The molecule has 0 unspecified atom stereocenters. The first kappa shape index (κ1) is 15.2. The molecule has 0 saturated carbocycles. The summed E-state index contributed by atoms with van der Waals surface area (Å²) in [5.41, 5.74) is 0.416. The Hall–Kier alpha value is 0.177. The minimum Gasteiger partial charge on any atom is -0.417 e. The molecule has 0 rings (SSSR count). The minimum atomic E-state index is -1.40. The third kappa shape index (κ3) is 10.5. The molecule has 0 aliphatic rings. The molecule has 1 nitrogen and oxygen atoms in total. The molecule has 0 bridgehead atoms. The van der Waals surface area contributed by atoms with Crippen molar-refractivity contribution in [3.05, 3.63) is 0 Å². The van der Waals surface area contributed by atoms with Gasteiger partial charge in [-0.1, -0.05) is 47.0 Å². The third-order valence-corrected chi connectivity index (χ3v) is 5.34. The van der Waals surface area contributed by atoms with Crippen LogP contribution < -0.4 is 0 Å². The number of rotatable bonds is 7. The van der Waals surface area contributed by atoms with E-state index in [2.05, 4.69) is 40.8 Å². The average molecular weight is 230 g/mol. The van der Waals surface area contributed by atoms with E-state index in [1.807, 2.05) is 0 Å². The number of hydrogen-bond acceptors (Lipinski definition) is 1. The Morgan fingerprint density at radius 2 is 1.60 bits per heavy atom. The molecular weight excluding hydrogens is 200 g/mol. The van der Waals surface area contributed by atoms with Gasteiger partial charge < -0.3 is 4.43 Å². The lowest BCUT2D eigenvalue weighted by molar-refractivity contribution is 0.281. The van der Waals surface area contributed by atoms with Gasteiger partial charge in [-0.25, -0.2) is 0 Å². The van der Waals surface area contributed by atoms with E-state index in [-0.39, 0.29) is 0 Å². The summed E-state index contributed by atoms with van der Waals surface area (Å²) in [6, 6.07) is 1.26. The highest BCUT2D eigenvalue weighted by Gasteiger charge is 2.28. The normalized spacial score (nSPS) is 13.2. The maximum Gasteiger partial charge on any atom is 0.187 e. The predicted octanol–water partition coefficient (Wildman–Crippen LogP) is 4.83. The van der Waals surface area contributed by atoms with Crippen LogP contribution in [0.15, 0.2) is 0 Å². The van der Waals surface area contributed by atoms with Gasteiger partial charge in [0.25, 0.3) is 0 Å². The first-order chi connectivity index (χ1) is 6.77. The molecule has 0 radical (unpaired) electrons. The van der Waals surface area contributed by atoms with Crippen molar-refractivity contribution in [2.45, 2.75) is 72.5 Å². The molecule has 0 heterocycles. The highest BCUT2D eigenvalue weighted by Crippen LogP contribution is 2.28. The van der Waals surface area contributed by atoms with Crippen LogP contribution in [0.5, 0.6) is 0 Å². The second-order valence-electron chi connectivity index (χ2n) is 6.41. The Bertz CT molecular complexity index is 158. The molecule has 0 amide bonds. The Balaban J connectivity index is 3.65. The first-order valence-electron chi connectivity index (χ1n) is 6.41. The Morgan fingerprint density at radius 3 is 2.07 bits per heavy atom. The Morgan fingerprint density at radius 1 is 1.00 bits per heavy atom. The molecule has 0 aromatic rings. The van der Waals surface area contributed by atoms with Crippen molar-refractivity contribution in [2.75, 3.05) is 6.61 Å². The molecule has 0 aliphatic carbocycles. The lowest BCUT2D eigenvalue weighted by atomic mass is 10.0. The second-order valence-corrected chi connectivity index (χ2v) is 10.6. The number of unbranched alkanes of at least 4 members (excludes halogenated alkanes) is 3. The van der Waals surface area contributed by atoms with Gasteiger partial charge in [0.05, 0.1) is 0 Å². The van der Waals surface area contributed by atoms with Crippen LogP contribution in [0.3, 0.4) is 0 Å². The molecule has 0 spiro atoms. The second kappa shape index (κ2) is 6.69. The lowest BCUT2D eigenvalue weighted by Crippen LogP contribution is -2.35. The zero-order valence-electron chi connectivity index (χ0n) is 11.7. The summed E-state index contributed by atoms with van der Waals surface area (Å²) in [5, 5.41) is 0. The van der Waals surface area contributed by atoms with Gasteiger partial charge in [-0.3, -0.25) is 0 Å². The van der Waals surface area contributed by atoms with Crippen LogP contribution in [0.25, 0.3) is 0 Å². The SMILES string of the molecule is CCCCCCO[Si](C)(C)CC(C)(C)C. The molecule has 15 heavy (non-hydrogen) atoms. The van der Waals surface area contributed by atoms with Crippen LogP contribution in [-0.4, -0.2) is 14.9 Å². The molecule has 0 saturated heterocycles. The van der Waals surface area contributed by atoms with Crippen molar-refractivity contribution in [3.8, 4) is 0 Å². The molecule has 0 atom stereocenters. The van der Waals surface area contributed by atoms with Gasteiger partial charge in [-0.05, 0) is 31.0 Å². The van der Waals surface area contributed by atoms with Crippen molar-refractivity contribution < 1.29 is 4.43 Å². The van der Waals surface area contributed by atoms with Crippen molar-refractivity contribution in [1.29, 1.82) is 0 Å². The van der Waals surface area contributed by atoms with Gasteiger partial charge in [0.1, 0.15) is 0 Å². The fraction of sp³-hybridized carbons (Fsp3) is 1.00. The van der Waals surface area contributed by atoms with Crippen LogP contribution >= 0.6 is 0 Å². The minimum absolute atomic E-state index is 0.416. The van der Waals surface area contributed by atoms with E-state index in [0.29, 0.717) is 5.41 Å². The maximum absolute atomic E-state index is 6.09. The van der Waals surface area contributed by atoms with E-state index in [0.717, 1.165) is 6.61 Å². The third-order valence-electron chi connectivity index (χ3n) is 2.45. The van der Waals surface area contributed by atoms with Crippen LogP contribution in [0, 0.1) is 5.41 Å². The summed E-state index contributed by atoms with van der Waals surface area (Å²) >= 11 is 0. The molecule has 0 aromatic carbocycles. The molecule has 0 N–H and O–H groups in total. The standard InChI is InChI=1S/C13H30OSi/c1-7-8-9-10-11-14-15(5,6)12-13(2,3)4/h7-12H2,1-6H3. The summed E-state index contributed by atoms with van der Waals surface area (Å²) < 4.78 is 6.09. The first-order valence-corrected chi connectivity index (χ1v) is 9.52. The number of hydrogen-bond donors (Lipinski definition) is 0. The smallest absolute Gasteiger partial charge is 0.187 e. The van der Waals surface area contributed by atoms with Gasteiger partial charge in [0.15, 0.2) is 8.32 Å².